The van der Waals surface area contributed by atoms with Crippen LogP contribution in [0.2, 0.25) is 0 Å². The number of rotatable bonds is 7. The van der Waals surface area contributed by atoms with Gasteiger partial charge in [-0.25, -0.2) is 5.43 Å². The predicted octanol–water partition coefficient (Wildman–Crippen LogP) is 2.45. The smallest absolute Gasteiger partial charge is 0.323 e. The summed E-state index contributed by atoms with van der Waals surface area (Å²) < 4.78 is 10.4. The van der Waals surface area contributed by atoms with Crippen LogP contribution in [0, 0.1) is 24.0 Å². The van der Waals surface area contributed by atoms with Gasteiger partial charge in [0, 0.05) is 0 Å². The van der Waals surface area contributed by atoms with Gasteiger partial charge in [-0.15, -0.1) is 0 Å². The van der Waals surface area contributed by atoms with Gasteiger partial charge in [-0.1, -0.05) is 18.2 Å². The Bertz CT molecular complexity index is 875. The molecule has 0 spiro atoms. The average molecular weight is 373 g/mol. The van der Waals surface area contributed by atoms with Crippen LogP contribution in [0.3, 0.4) is 0 Å². The first kappa shape index (κ1) is 19.7. The summed E-state index contributed by atoms with van der Waals surface area (Å²) in [6, 6.07) is 8.16. The van der Waals surface area contributed by atoms with Gasteiger partial charge in [0.25, 0.3) is 5.91 Å². The van der Waals surface area contributed by atoms with E-state index < -0.39 is 16.5 Å². The third-order valence-corrected chi connectivity index (χ3v) is 3.68. The number of carbonyl (C=O) groups is 1. The number of hydrogen-bond donors (Lipinski definition) is 2. The molecule has 2 N–H and O–H groups in total. The Labute approximate surface area is 155 Å². The molecular formula is C18H19N3O6. The monoisotopic (exact) mass is 373 g/mol. The molecule has 27 heavy (non-hydrogen) atoms. The third kappa shape index (κ3) is 4.72. The van der Waals surface area contributed by atoms with E-state index in [2.05, 4.69) is 10.5 Å². The van der Waals surface area contributed by atoms with Crippen molar-refractivity contribution in [2.45, 2.75) is 13.8 Å². The van der Waals surface area contributed by atoms with E-state index in [4.69, 9.17) is 9.47 Å². The molecule has 0 aliphatic rings. The van der Waals surface area contributed by atoms with Crippen LogP contribution in [0.4, 0.5) is 5.69 Å². The summed E-state index contributed by atoms with van der Waals surface area (Å²) in [6.07, 6.45) is 1.09. The second-order valence-electron chi connectivity index (χ2n) is 5.62. The van der Waals surface area contributed by atoms with Crippen molar-refractivity contribution >= 4 is 17.8 Å². The number of nitrogens with one attached hydrogen (secondary N) is 1. The van der Waals surface area contributed by atoms with Crippen molar-refractivity contribution in [2.24, 2.45) is 5.10 Å². The highest BCUT2D eigenvalue weighted by Crippen LogP contribution is 2.37. The van der Waals surface area contributed by atoms with E-state index in [-0.39, 0.29) is 23.7 Å². The number of phenolic OH excluding ortho intramolecular Hbond substituents is 1. The molecule has 0 radical (unpaired) electrons. The molecule has 2 aromatic rings. The molecule has 0 unspecified atom stereocenters. The quantitative estimate of drug-likeness (QED) is 0.436. The number of aryl methyl sites for hydroxylation is 2. The first-order valence-electron chi connectivity index (χ1n) is 7.90. The van der Waals surface area contributed by atoms with Crippen molar-refractivity contribution in [2.75, 3.05) is 13.7 Å². The summed E-state index contributed by atoms with van der Waals surface area (Å²) in [5.74, 6) is -0.557. The lowest BCUT2D eigenvalue weighted by Crippen LogP contribution is -2.25. The predicted molar refractivity (Wildman–Crippen MR) is 98.5 cm³/mol. The van der Waals surface area contributed by atoms with Crippen molar-refractivity contribution in [1.29, 1.82) is 0 Å². The van der Waals surface area contributed by atoms with Gasteiger partial charge in [0.2, 0.25) is 5.75 Å². The van der Waals surface area contributed by atoms with Crippen molar-refractivity contribution < 1.29 is 24.3 Å². The number of phenols is 1. The number of benzene rings is 2. The van der Waals surface area contributed by atoms with E-state index in [1.165, 1.54) is 19.2 Å². The summed E-state index contributed by atoms with van der Waals surface area (Å²) in [6.45, 7) is 3.48. The average Bonchev–Trinajstić information content (AvgIpc) is 2.61. The van der Waals surface area contributed by atoms with Crippen LogP contribution in [0.5, 0.6) is 17.2 Å². The first-order chi connectivity index (χ1) is 12.8. The topological polar surface area (TPSA) is 123 Å². The second-order valence-corrected chi connectivity index (χ2v) is 5.62. The molecule has 0 bridgehead atoms. The maximum Gasteiger partial charge on any atom is 0.323 e. The Morgan fingerprint density at radius 3 is 2.52 bits per heavy atom. The van der Waals surface area contributed by atoms with E-state index in [0.29, 0.717) is 5.75 Å². The number of ether oxygens (including phenoxy) is 2. The third-order valence-electron chi connectivity index (χ3n) is 3.68. The van der Waals surface area contributed by atoms with Crippen LogP contribution in [0.1, 0.15) is 16.7 Å². The number of carbonyl (C=O) groups excluding carboxylic acids is 1. The molecule has 9 heteroatoms. The number of nitro groups is 1. The van der Waals surface area contributed by atoms with Crippen LogP contribution in [0.15, 0.2) is 35.4 Å². The lowest BCUT2D eigenvalue weighted by atomic mass is 10.1. The molecule has 2 rings (SSSR count). The molecule has 0 saturated carbocycles. The van der Waals surface area contributed by atoms with Gasteiger partial charge in [-0.05, 0) is 37.1 Å². The van der Waals surface area contributed by atoms with Crippen molar-refractivity contribution in [3.05, 3.63) is 57.1 Å². The molecule has 2 aromatic carbocycles. The Morgan fingerprint density at radius 2 is 1.93 bits per heavy atom. The standard InChI is InChI=1S/C18H19N3O6/c1-11-5-4-6-12(2)17(11)27-10-15(23)20-19-9-13-7-8-14(22)18(26-3)16(13)21(24)25/h4-9,22H,10H2,1-3H3,(H,20,23)/b19-9-. The van der Waals surface area contributed by atoms with Gasteiger partial charge in [0.1, 0.15) is 5.75 Å². The minimum absolute atomic E-state index is 0.0608. The zero-order chi connectivity index (χ0) is 20.0. The highest BCUT2D eigenvalue weighted by molar-refractivity contribution is 5.89. The molecule has 0 aliphatic heterocycles. The van der Waals surface area contributed by atoms with Gasteiger partial charge in [-0.3, -0.25) is 14.9 Å². The van der Waals surface area contributed by atoms with Gasteiger partial charge in [0.05, 0.1) is 23.8 Å². The van der Waals surface area contributed by atoms with Gasteiger partial charge in [0.15, 0.2) is 12.4 Å². The minimum atomic E-state index is -0.703. The number of hydrogen-bond acceptors (Lipinski definition) is 7. The number of amides is 1. The maximum atomic E-state index is 11.9. The van der Waals surface area contributed by atoms with Gasteiger partial charge >= 0.3 is 5.69 Å². The molecule has 0 saturated heterocycles. The zero-order valence-electron chi connectivity index (χ0n) is 15.1. The van der Waals surface area contributed by atoms with Crippen LogP contribution < -0.4 is 14.9 Å². The summed E-state index contributed by atoms with van der Waals surface area (Å²) in [4.78, 5) is 22.4. The molecule has 0 aliphatic carbocycles. The van der Waals surface area contributed by atoms with Crippen LogP contribution in [-0.2, 0) is 4.79 Å². The summed E-state index contributed by atoms with van der Waals surface area (Å²) in [5.41, 5.74) is 3.64. The lowest BCUT2D eigenvalue weighted by molar-refractivity contribution is -0.386. The molecule has 0 fully saturated rings. The van der Waals surface area contributed by atoms with E-state index in [1.54, 1.807) is 0 Å². The summed E-state index contributed by atoms with van der Waals surface area (Å²) in [5, 5.41) is 24.6. The Kier molecular flexibility index (Phi) is 6.32. The number of methoxy groups -OCH3 is 1. The van der Waals surface area contributed by atoms with E-state index in [9.17, 15) is 20.0 Å². The van der Waals surface area contributed by atoms with Crippen molar-refractivity contribution in [3.8, 4) is 17.2 Å². The molecule has 9 nitrogen and oxygen atoms in total. The van der Waals surface area contributed by atoms with Crippen LogP contribution in [0.25, 0.3) is 0 Å². The van der Waals surface area contributed by atoms with Crippen LogP contribution >= 0.6 is 0 Å². The molecule has 0 heterocycles. The number of hydrazone groups is 1. The summed E-state index contributed by atoms with van der Waals surface area (Å²) >= 11 is 0. The molecule has 142 valence electrons. The fourth-order valence-corrected chi connectivity index (χ4v) is 2.44. The largest absolute Gasteiger partial charge is 0.504 e. The van der Waals surface area contributed by atoms with Crippen molar-refractivity contribution in [1.82, 2.24) is 5.43 Å². The molecular weight excluding hydrogens is 354 g/mol. The van der Waals surface area contributed by atoms with E-state index >= 15 is 0 Å². The Balaban J connectivity index is 2.05. The molecule has 1 amide bonds. The summed E-state index contributed by atoms with van der Waals surface area (Å²) in [7, 11) is 1.20. The number of nitrogens with zero attached hydrogens (tertiary/aromatic N) is 2. The highest BCUT2D eigenvalue weighted by atomic mass is 16.6. The van der Waals surface area contributed by atoms with Gasteiger partial charge < -0.3 is 14.6 Å². The Hall–Kier alpha value is -3.62. The number of nitro benzene ring substituents is 1. The highest BCUT2D eigenvalue weighted by Gasteiger charge is 2.23. The molecule has 0 atom stereocenters. The van der Waals surface area contributed by atoms with Gasteiger partial charge in [-0.2, -0.15) is 5.10 Å². The normalized spacial score (nSPS) is 10.6. The minimum Gasteiger partial charge on any atom is -0.504 e. The van der Waals surface area contributed by atoms with E-state index in [0.717, 1.165) is 17.3 Å². The zero-order valence-corrected chi connectivity index (χ0v) is 15.1. The van der Waals surface area contributed by atoms with Crippen molar-refractivity contribution in [3.63, 3.8) is 0 Å². The fraction of sp³-hybridized carbons (Fsp3) is 0.222. The lowest BCUT2D eigenvalue weighted by Gasteiger charge is -2.10. The maximum absolute atomic E-state index is 11.9. The SMILES string of the molecule is COc1c(O)ccc(/C=N\NC(=O)COc2c(C)cccc2C)c1[N+](=O)[O-]. The van der Waals surface area contributed by atoms with E-state index in [1.807, 2.05) is 32.0 Å². The second kappa shape index (κ2) is 8.65. The number of para-hydroxylation sites is 1. The molecule has 0 aromatic heterocycles. The first-order valence-corrected chi connectivity index (χ1v) is 7.90. The Morgan fingerprint density at radius 1 is 1.26 bits per heavy atom. The number of aromatic hydroxyl groups is 1. The fourth-order valence-electron chi connectivity index (χ4n) is 2.44. The van der Waals surface area contributed by atoms with Crippen LogP contribution in [-0.4, -0.2) is 35.9 Å².